The zero-order valence-corrected chi connectivity index (χ0v) is 10.4. The Labute approximate surface area is 103 Å². The molecule has 4 nitrogen and oxygen atoms in total. The van der Waals surface area contributed by atoms with Crippen LogP contribution in [0, 0.1) is 5.92 Å². The van der Waals surface area contributed by atoms with Gasteiger partial charge in [-0.3, -0.25) is 4.79 Å². The molecule has 1 rings (SSSR count). The summed E-state index contributed by atoms with van der Waals surface area (Å²) in [5.41, 5.74) is 11.3. The number of nitrogens with two attached hydrogens (primary N) is 2. The van der Waals surface area contributed by atoms with E-state index in [1.807, 2.05) is 0 Å². The quantitative estimate of drug-likeness (QED) is 0.607. The molecule has 1 fully saturated rings. The van der Waals surface area contributed by atoms with Gasteiger partial charge in [0.1, 0.15) is 0 Å². The number of primary amides is 1. The van der Waals surface area contributed by atoms with Gasteiger partial charge in [0.05, 0.1) is 6.10 Å². The highest BCUT2D eigenvalue weighted by Crippen LogP contribution is 2.28. The number of carbonyl (C=O) groups excluding carboxylic acids is 1. The third-order valence-corrected chi connectivity index (χ3v) is 3.63. The lowest BCUT2D eigenvalue weighted by atomic mass is 9.83. The van der Waals surface area contributed by atoms with Crippen LogP contribution in [0.3, 0.4) is 0 Å². The van der Waals surface area contributed by atoms with E-state index in [9.17, 15) is 9.90 Å². The molecule has 2 unspecified atom stereocenters. The number of aliphatic hydroxyl groups excluding tert-OH is 1. The largest absolute Gasteiger partial charge is 0.391 e. The van der Waals surface area contributed by atoms with Crippen molar-refractivity contribution in [1.29, 1.82) is 0 Å². The molecule has 0 aromatic rings. The monoisotopic (exact) mass is 240 g/mol. The molecule has 0 radical (unpaired) electrons. The number of hydrogen-bond acceptors (Lipinski definition) is 3. The van der Waals surface area contributed by atoms with Crippen molar-refractivity contribution in [2.45, 2.75) is 57.1 Å². The van der Waals surface area contributed by atoms with Gasteiger partial charge < -0.3 is 16.6 Å². The SMILES string of the molecule is C=C(CC(O)C(N)CC1CCCCC1)C(N)=O. The summed E-state index contributed by atoms with van der Waals surface area (Å²) in [4.78, 5) is 10.8. The average Bonchev–Trinajstić information content (AvgIpc) is 2.29. The molecule has 1 aliphatic rings. The molecule has 98 valence electrons. The number of hydrogen-bond donors (Lipinski definition) is 3. The molecule has 0 heterocycles. The molecule has 5 N–H and O–H groups in total. The minimum Gasteiger partial charge on any atom is -0.391 e. The van der Waals surface area contributed by atoms with E-state index in [0.29, 0.717) is 5.92 Å². The summed E-state index contributed by atoms with van der Waals surface area (Å²) in [5.74, 6) is 0.0594. The van der Waals surface area contributed by atoms with Crippen LogP contribution < -0.4 is 11.5 Å². The fraction of sp³-hybridized carbons (Fsp3) is 0.769. The Kier molecular flexibility index (Phi) is 5.65. The van der Waals surface area contributed by atoms with E-state index < -0.39 is 12.0 Å². The van der Waals surface area contributed by atoms with Crippen molar-refractivity contribution in [3.05, 3.63) is 12.2 Å². The van der Waals surface area contributed by atoms with Crippen molar-refractivity contribution in [2.75, 3.05) is 0 Å². The number of rotatable bonds is 6. The van der Waals surface area contributed by atoms with Crippen LogP contribution in [0.25, 0.3) is 0 Å². The Morgan fingerprint density at radius 3 is 2.47 bits per heavy atom. The highest BCUT2D eigenvalue weighted by molar-refractivity contribution is 5.91. The van der Waals surface area contributed by atoms with Crippen molar-refractivity contribution in [3.8, 4) is 0 Å². The van der Waals surface area contributed by atoms with Gasteiger partial charge in [0.15, 0.2) is 0 Å². The molecular weight excluding hydrogens is 216 g/mol. The molecule has 4 heteroatoms. The van der Waals surface area contributed by atoms with Crippen molar-refractivity contribution in [2.24, 2.45) is 17.4 Å². The van der Waals surface area contributed by atoms with Crippen LogP contribution in [0.15, 0.2) is 12.2 Å². The first-order valence-corrected chi connectivity index (χ1v) is 6.42. The van der Waals surface area contributed by atoms with E-state index in [2.05, 4.69) is 6.58 Å². The Morgan fingerprint density at radius 2 is 1.94 bits per heavy atom. The van der Waals surface area contributed by atoms with Gasteiger partial charge in [-0.2, -0.15) is 0 Å². The second-order valence-corrected chi connectivity index (χ2v) is 5.14. The Morgan fingerprint density at radius 1 is 1.35 bits per heavy atom. The summed E-state index contributed by atoms with van der Waals surface area (Å²) < 4.78 is 0. The van der Waals surface area contributed by atoms with E-state index in [-0.39, 0.29) is 18.0 Å². The van der Waals surface area contributed by atoms with Crippen LogP contribution in [0.5, 0.6) is 0 Å². The molecule has 0 aromatic carbocycles. The first-order valence-electron chi connectivity index (χ1n) is 6.42. The van der Waals surface area contributed by atoms with Gasteiger partial charge in [0.2, 0.25) is 5.91 Å². The van der Waals surface area contributed by atoms with E-state index in [1.54, 1.807) is 0 Å². The highest BCUT2D eigenvalue weighted by Gasteiger charge is 2.22. The van der Waals surface area contributed by atoms with Crippen LogP contribution in [0.4, 0.5) is 0 Å². The van der Waals surface area contributed by atoms with Crippen molar-refractivity contribution >= 4 is 5.91 Å². The van der Waals surface area contributed by atoms with Gasteiger partial charge in [-0.25, -0.2) is 0 Å². The molecule has 1 amide bonds. The number of aliphatic hydroxyl groups is 1. The Bertz CT molecular complexity index is 273. The van der Waals surface area contributed by atoms with Gasteiger partial charge >= 0.3 is 0 Å². The lowest BCUT2D eigenvalue weighted by Gasteiger charge is -2.27. The fourth-order valence-electron chi connectivity index (χ4n) is 2.47. The smallest absolute Gasteiger partial charge is 0.244 e. The molecule has 0 spiro atoms. The molecule has 1 aliphatic carbocycles. The summed E-state index contributed by atoms with van der Waals surface area (Å²) in [5, 5.41) is 9.87. The number of amides is 1. The molecular formula is C13H24N2O2. The summed E-state index contributed by atoms with van der Waals surface area (Å²) in [6, 6.07) is -0.283. The third kappa shape index (κ3) is 4.88. The first kappa shape index (κ1) is 14.2. The lowest BCUT2D eigenvalue weighted by Crippen LogP contribution is -2.38. The van der Waals surface area contributed by atoms with Crippen molar-refractivity contribution < 1.29 is 9.90 Å². The maximum absolute atomic E-state index is 10.8. The van der Waals surface area contributed by atoms with Crippen molar-refractivity contribution in [1.82, 2.24) is 0 Å². The minimum atomic E-state index is -0.711. The van der Waals surface area contributed by atoms with Gasteiger partial charge in [-0.15, -0.1) is 0 Å². The zero-order valence-electron chi connectivity index (χ0n) is 10.4. The van der Waals surface area contributed by atoms with Crippen LogP contribution in [-0.4, -0.2) is 23.2 Å². The maximum Gasteiger partial charge on any atom is 0.244 e. The topological polar surface area (TPSA) is 89.3 Å². The van der Waals surface area contributed by atoms with E-state index >= 15 is 0 Å². The fourth-order valence-corrected chi connectivity index (χ4v) is 2.47. The summed E-state index contributed by atoms with van der Waals surface area (Å²) in [7, 11) is 0. The zero-order chi connectivity index (χ0) is 12.8. The van der Waals surface area contributed by atoms with Gasteiger partial charge in [-0.1, -0.05) is 38.7 Å². The molecule has 0 aliphatic heterocycles. The minimum absolute atomic E-state index is 0.184. The van der Waals surface area contributed by atoms with Crippen LogP contribution >= 0.6 is 0 Å². The molecule has 2 atom stereocenters. The second kappa shape index (κ2) is 6.77. The van der Waals surface area contributed by atoms with E-state index in [1.165, 1.54) is 32.1 Å². The summed E-state index contributed by atoms with van der Waals surface area (Å²) in [6.07, 6.45) is 6.55. The summed E-state index contributed by atoms with van der Waals surface area (Å²) >= 11 is 0. The van der Waals surface area contributed by atoms with Crippen LogP contribution in [0.1, 0.15) is 44.9 Å². The van der Waals surface area contributed by atoms with Crippen LogP contribution in [0.2, 0.25) is 0 Å². The molecule has 0 bridgehead atoms. The Hall–Kier alpha value is -0.870. The molecule has 17 heavy (non-hydrogen) atoms. The van der Waals surface area contributed by atoms with Crippen LogP contribution in [-0.2, 0) is 4.79 Å². The third-order valence-electron chi connectivity index (χ3n) is 3.63. The number of carbonyl (C=O) groups is 1. The van der Waals surface area contributed by atoms with Crippen molar-refractivity contribution in [3.63, 3.8) is 0 Å². The predicted molar refractivity (Wildman–Crippen MR) is 68.1 cm³/mol. The molecule has 1 saturated carbocycles. The standard InChI is InChI=1S/C13H24N2O2/c1-9(13(15)17)7-12(16)11(14)8-10-5-3-2-4-6-10/h10-12,16H,1-8,14H2,(H2,15,17). The van der Waals surface area contributed by atoms with Gasteiger partial charge in [0, 0.05) is 18.0 Å². The van der Waals surface area contributed by atoms with E-state index in [4.69, 9.17) is 11.5 Å². The first-order chi connectivity index (χ1) is 8.00. The lowest BCUT2D eigenvalue weighted by molar-refractivity contribution is -0.114. The molecule has 0 saturated heterocycles. The van der Waals surface area contributed by atoms with E-state index in [0.717, 1.165) is 6.42 Å². The highest BCUT2D eigenvalue weighted by atomic mass is 16.3. The average molecular weight is 240 g/mol. The van der Waals surface area contributed by atoms with Gasteiger partial charge in [0.25, 0.3) is 0 Å². The maximum atomic E-state index is 10.8. The molecule has 0 aromatic heterocycles. The normalized spacial score (nSPS) is 20.8. The summed E-state index contributed by atoms with van der Waals surface area (Å²) in [6.45, 7) is 3.53. The van der Waals surface area contributed by atoms with Gasteiger partial charge in [-0.05, 0) is 12.3 Å². The Balaban J connectivity index is 2.32. The predicted octanol–water partition coefficient (Wildman–Crippen LogP) is 1.08. The second-order valence-electron chi connectivity index (χ2n) is 5.14.